The Kier molecular flexibility index (Phi) is 5.54. The molecule has 27 heavy (non-hydrogen) atoms. The zero-order chi connectivity index (χ0) is 19.4. The van der Waals surface area contributed by atoms with Crippen LogP contribution in [0.4, 0.5) is 14.5 Å². The van der Waals surface area contributed by atoms with Crippen LogP contribution in [0.5, 0.6) is 11.5 Å². The first-order chi connectivity index (χ1) is 13.0. The Morgan fingerprint density at radius 2 is 1.96 bits per heavy atom. The van der Waals surface area contributed by atoms with Crippen molar-refractivity contribution in [2.45, 2.75) is 13.0 Å². The van der Waals surface area contributed by atoms with Crippen LogP contribution in [0.2, 0.25) is 0 Å². The number of nitrogens with one attached hydrogen (secondary N) is 1. The normalized spacial score (nSPS) is 12.7. The molecule has 1 aliphatic rings. The summed E-state index contributed by atoms with van der Waals surface area (Å²) in [5.74, 6) is -0.910. The van der Waals surface area contributed by atoms with Crippen LogP contribution in [0.3, 0.4) is 0 Å². The second kappa shape index (κ2) is 8.03. The summed E-state index contributed by atoms with van der Waals surface area (Å²) in [6, 6.07) is 11.4. The molecule has 0 aliphatic carbocycles. The molecule has 3 rings (SSSR count). The SMILES string of the molecule is COc1cc(C(=O)NCC(=O)N2CCc3ccccc32)ccc1OC(F)F. The molecule has 1 heterocycles. The molecule has 1 aliphatic heterocycles. The van der Waals surface area contributed by atoms with Crippen molar-refractivity contribution in [2.24, 2.45) is 0 Å². The predicted molar refractivity (Wildman–Crippen MR) is 94.5 cm³/mol. The maximum Gasteiger partial charge on any atom is 0.387 e. The van der Waals surface area contributed by atoms with E-state index in [9.17, 15) is 18.4 Å². The molecule has 0 fully saturated rings. The standard InChI is InChI=1S/C19H18F2N2O4/c1-26-16-10-13(6-7-15(16)27-19(20)21)18(25)22-11-17(24)23-9-8-12-4-2-3-5-14(12)23/h2-7,10,19H,8-9,11H2,1H3,(H,22,25). The monoisotopic (exact) mass is 376 g/mol. The average Bonchev–Trinajstić information content (AvgIpc) is 3.10. The first-order valence-electron chi connectivity index (χ1n) is 8.29. The van der Waals surface area contributed by atoms with Gasteiger partial charge in [-0.2, -0.15) is 8.78 Å². The predicted octanol–water partition coefficient (Wildman–Crippen LogP) is 2.62. The van der Waals surface area contributed by atoms with Crippen molar-refractivity contribution in [2.75, 3.05) is 25.1 Å². The number of nitrogens with zero attached hydrogens (tertiary/aromatic N) is 1. The van der Waals surface area contributed by atoms with Crippen molar-refractivity contribution in [3.8, 4) is 11.5 Å². The molecular weight excluding hydrogens is 358 g/mol. The number of halogens is 2. The molecule has 0 saturated carbocycles. The summed E-state index contributed by atoms with van der Waals surface area (Å²) < 4.78 is 34.0. The highest BCUT2D eigenvalue weighted by molar-refractivity contribution is 6.01. The summed E-state index contributed by atoms with van der Waals surface area (Å²) >= 11 is 0. The maximum atomic E-state index is 12.4. The fourth-order valence-corrected chi connectivity index (χ4v) is 2.95. The van der Waals surface area contributed by atoms with Crippen molar-refractivity contribution in [1.82, 2.24) is 5.32 Å². The van der Waals surface area contributed by atoms with Gasteiger partial charge in [0.2, 0.25) is 5.91 Å². The quantitative estimate of drug-likeness (QED) is 0.842. The number of amides is 2. The fraction of sp³-hybridized carbons (Fsp3) is 0.263. The first kappa shape index (κ1) is 18.6. The second-order valence-electron chi connectivity index (χ2n) is 5.85. The van der Waals surface area contributed by atoms with Gasteiger partial charge in [0.1, 0.15) is 0 Å². The van der Waals surface area contributed by atoms with Crippen molar-refractivity contribution in [1.29, 1.82) is 0 Å². The fourth-order valence-electron chi connectivity index (χ4n) is 2.95. The molecule has 2 aromatic rings. The van der Waals surface area contributed by atoms with E-state index in [1.807, 2.05) is 24.3 Å². The summed E-state index contributed by atoms with van der Waals surface area (Å²) in [6.45, 7) is -2.61. The number of carbonyl (C=O) groups excluding carboxylic acids is 2. The highest BCUT2D eigenvalue weighted by Gasteiger charge is 2.24. The molecule has 142 valence electrons. The van der Waals surface area contributed by atoms with Crippen molar-refractivity contribution >= 4 is 17.5 Å². The number of para-hydroxylation sites is 1. The van der Waals surface area contributed by atoms with E-state index >= 15 is 0 Å². The van der Waals surface area contributed by atoms with Gasteiger partial charge in [-0.15, -0.1) is 0 Å². The molecule has 6 nitrogen and oxygen atoms in total. The minimum absolute atomic E-state index is 0.00254. The smallest absolute Gasteiger partial charge is 0.387 e. The molecule has 0 aromatic heterocycles. The highest BCUT2D eigenvalue weighted by atomic mass is 19.3. The Morgan fingerprint density at radius 3 is 2.70 bits per heavy atom. The summed E-state index contributed by atoms with van der Waals surface area (Å²) in [7, 11) is 1.28. The van der Waals surface area contributed by atoms with Crippen LogP contribution < -0.4 is 19.7 Å². The lowest BCUT2D eigenvalue weighted by Gasteiger charge is -2.17. The van der Waals surface area contributed by atoms with E-state index in [2.05, 4.69) is 10.1 Å². The molecule has 8 heteroatoms. The lowest BCUT2D eigenvalue weighted by molar-refractivity contribution is -0.117. The van der Waals surface area contributed by atoms with Crippen molar-refractivity contribution < 1.29 is 27.8 Å². The summed E-state index contributed by atoms with van der Waals surface area (Å²) in [5, 5.41) is 2.54. The van der Waals surface area contributed by atoms with Gasteiger partial charge in [0.05, 0.1) is 13.7 Å². The van der Waals surface area contributed by atoms with Crippen LogP contribution in [0, 0.1) is 0 Å². The number of alkyl halides is 2. The maximum absolute atomic E-state index is 12.4. The van der Waals surface area contributed by atoms with Gasteiger partial charge in [0.15, 0.2) is 11.5 Å². The molecule has 1 N–H and O–H groups in total. The third-order valence-electron chi connectivity index (χ3n) is 4.23. The van der Waals surface area contributed by atoms with Gasteiger partial charge in [0.25, 0.3) is 5.91 Å². The molecule has 0 unspecified atom stereocenters. The number of methoxy groups -OCH3 is 1. The number of fused-ring (bicyclic) bond motifs is 1. The van der Waals surface area contributed by atoms with Gasteiger partial charge in [-0.25, -0.2) is 0 Å². The molecule has 0 spiro atoms. The van der Waals surface area contributed by atoms with E-state index in [-0.39, 0.29) is 29.5 Å². The molecule has 0 saturated heterocycles. The zero-order valence-corrected chi connectivity index (χ0v) is 14.6. The number of hydrogen-bond acceptors (Lipinski definition) is 4. The van der Waals surface area contributed by atoms with Crippen LogP contribution in [0.1, 0.15) is 15.9 Å². The van der Waals surface area contributed by atoms with E-state index in [0.29, 0.717) is 6.54 Å². The van der Waals surface area contributed by atoms with Gasteiger partial charge in [-0.3, -0.25) is 9.59 Å². The van der Waals surface area contributed by atoms with Gasteiger partial charge >= 0.3 is 6.61 Å². The minimum Gasteiger partial charge on any atom is -0.493 e. The van der Waals surface area contributed by atoms with Crippen LogP contribution >= 0.6 is 0 Å². The van der Waals surface area contributed by atoms with Gasteiger partial charge in [-0.05, 0) is 36.2 Å². The van der Waals surface area contributed by atoms with Gasteiger partial charge in [0, 0.05) is 17.8 Å². The van der Waals surface area contributed by atoms with Crippen LogP contribution in [-0.2, 0) is 11.2 Å². The number of ether oxygens (including phenoxy) is 2. The first-order valence-corrected chi connectivity index (χ1v) is 8.29. The van der Waals surface area contributed by atoms with Crippen LogP contribution in [0.15, 0.2) is 42.5 Å². The topological polar surface area (TPSA) is 67.9 Å². The van der Waals surface area contributed by atoms with E-state index in [1.165, 1.54) is 25.3 Å². The average molecular weight is 376 g/mol. The lowest BCUT2D eigenvalue weighted by Crippen LogP contribution is -2.39. The number of carbonyl (C=O) groups is 2. The Labute approximate surface area is 154 Å². The number of hydrogen-bond donors (Lipinski definition) is 1. The third-order valence-corrected chi connectivity index (χ3v) is 4.23. The van der Waals surface area contributed by atoms with Gasteiger partial charge in [-0.1, -0.05) is 18.2 Å². The molecule has 2 amide bonds. The Bertz CT molecular complexity index is 857. The number of rotatable bonds is 6. The van der Waals surface area contributed by atoms with E-state index < -0.39 is 12.5 Å². The Balaban J connectivity index is 1.63. The summed E-state index contributed by atoms with van der Waals surface area (Å²) in [5.41, 5.74) is 2.12. The Hall–Kier alpha value is -3.16. The number of benzene rings is 2. The summed E-state index contributed by atoms with van der Waals surface area (Å²) in [6.07, 6.45) is 0.776. The van der Waals surface area contributed by atoms with Gasteiger partial charge < -0.3 is 19.7 Å². The van der Waals surface area contributed by atoms with E-state index in [0.717, 1.165) is 17.7 Å². The van der Waals surface area contributed by atoms with E-state index in [1.54, 1.807) is 4.90 Å². The molecular formula is C19H18F2N2O4. The molecule has 0 atom stereocenters. The highest BCUT2D eigenvalue weighted by Crippen LogP contribution is 2.29. The zero-order valence-electron chi connectivity index (χ0n) is 14.6. The minimum atomic E-state index is -3.00. The third kappa shape index (κ3) is 4.16. The van der Waals surface area contributed by atoms with Crippen LogP contribution in [-0.4, -0.2) is 38.6 Å². The largest absolute Gasteiger partial charge is 0.493 e. The van der Waals surface area contributed by atoms with Crippen molar-refractivity contribution in [3.63, 3.8) is 0 Å². The van der Waals surface area contributed by atoms with E-state index in [4.69, 9.17) is 4.74 Å². The number of anilines is 1. The molecule has 0 bridgehead atoms. The second-order valence-corrected chi connectivity index (χ2v) is 5.85. The lowest BCUT2D eigenvalue weighted by atomic mass is 10.2. The van der Waals surface area contributed by atoms with Crippen molar-refractivity contribution in [3.05, 3.63) is 53.6 Å². The Morgan fingerprint density at radius 1 is 1.19 bits per heavy atom. The van der Waals surface area contributed by atoms with Crippen LogP contribution in [0.25, 0.3) is 0 Å². The molecule has 2 aromatic carbocycles. The molecule has 0 radical (unpaired) electrons. The summed E-state index contributed by atoms with van der Waals surface area (Å²) in [4.78, 5) is 26.3.